The highest BCUT2D eigenvalue weighted by Gasteiger charge is 1.75. The molecule has 9 heavy (non-hydrogen) atoms. The van der Waals surface area contributed by atoms with Crippen molar-refractivity contribution in [2.24, 2.45) is 0 Å². The topological polar surface area (TPSA) is 55.8 Å². The minimum Gasteiger partial charge on any atom is -0.469 e. The van der Waals surface area contributed by atoms with Crippen LogP contribution >= 0.6 is 0 Å². The first-order valence-electron chi connectivity index (χ1n) is 2.33. The zero-order valence-corrected chi connectivity index (χ0v) is 5.88. The molecule has 0 unspecified atom stereocenters. The Morgan fingerprint density at radius 1 is 1.56 bits per heavy atom. The van der Waals surface area contributed by atoms with Gasteiger partial charge in [-0.25, -0.2) is 0 Å². The maximum atomic E-state index is 9.59. The van der Waals surface area contributed by atoms with E-state index in [-0.39, 0.29) is 12.8 Å². The standard InChI is InChI=1S/C3H6O2.C2H6O2/c1-3(4)5-2;1-4-2-3/h1-2H3;3H,2H2,1H3. The van der Waals surface area contributed by atoms with Gasteiger partial charge in [0.25, 0.3) is 0 Å². The third-order valence-electron chi connectivity index (χ3n) is 0.417. The number of carbonyl (C=O) groups excluding carboxylic acids is 1. The highest BCUT2D eigenvalue weighted by Crippen LogP contribution is 1.60. The van der Waals surface area contributed by atoms with E-state index in [1.165, 1.54) is 21.1 Å². The summed E-state index contributed by atoms with van der Waals surface area (Å²) in [5, 5.41) is 7.65. The molecule has 0 aromatic carbocycles. The second-order valence-corrected chi connectivity index (χ2v) is 1.11. The zero-order valence-electron chi connectivity index (χ0n) is 5.88. The van der Waals surface area contributed by atoms with E-state index in [4.69, 9.17) is 5.11 Å². The van der Waals surface area contributed by atoms with Gasteiger partial charge in [0.1, 0.15) is 6.79 Å². The van der Waals surface area contributed by atoms with E-state index in [2.05, 4.69) is 9.47 Å². The summed E-state index contributed by atoms with van der Waals surface area (Å²) in [5.41, 5.74) is 0. The molecule has 0 radical (unpaired) electrons. The van der Waals surface area contributed by atoms with Crippen LogP contribution in [-0.4, -0.2) is 32.1 Å². The molecule has 0 aliphatic rings. The van der Waals surface area contributed by atoms with E-state index in [9.17, 15) is 4.79 Å². The number of ether oxygens (including phenoxy) is 2. The van der Waals surface area contributed by atoms with Gasteiger partial charge >= 0.3 is 5.97 Å². The maximum Gasteiger partial charge on any atom is 0.302 e. The van der Waals surface area contributed by atoms with Crippen molar-refractivity contribution >= 4 is 5.97 Å². The first-order chi connectivity index (χ1) is 4.18. The van der Waals surface area contributed by atoms with Gasteiger partial charge in [-0.1, -0.05) is 0 Å². The van der Waals surface area contributed by atoms with Crippen LogP contribution in [0.4, 0.5) is 0 Å². The summed E-state index contributed by atoms with van der Waals surface area (Å²) < 4.78 is 8.21. The SMILES string of the molecule is COC(C)=O.COCO. The average molecular weight is 136 g/mol. The molecule has 0 heterocycles. The van der Waals surface area contributed by atoms with Gasteiger partial charge in [0, 0.05) is 14.0 Å². The van der Waals surface area contributed by atoms with Crippen LogP contribution in [-0.2, 0) is 14.3 Å². The molecule has 0 aromatic heterocycles. The van der Waals surface area contributed by atoms with Gasteiger partial charge in [0.15, 0.2) is 0 Å². The predicted octanol–water partition coefficient (Wildman–Crippen LogP) is -0.238. The Bertz CT molecular complexity index is 60.0. The van der Waals surface area contributed by atoms with Crippen molar-refractivity contribution in [3.8, 4) is 0 Å². The largest absolute Gasteiger partial charge is 0.469 e. The minimum absolute atomic E-state index is 0.181. The van der Waals surface area contributed by atoms with Gasteiger partial charge in [0.2, 0.25) is 0 Å². The van der Waals surface area contributed by atoms with Crippen LogP contribution in [0, 0.1) is 0 Å². The Balaban J connectivity index is 0. The number of hydrogen-bond acceptors (Lipinski definition) is 4. The van der Waals surface area contributed by atoms with Crippen LogP contribution in [0.2, 0.25) is 0 Å². The van der Waals surface area contributed by atoms with Crippen LogP contribution < -0.4 is 0 Å². The lowest BCUT2D eigenvalue weighted by Crippen LogP contribution is -1.88. The minimum atomic E-state index is -0.245. The van der Waals surface area contributed by atoms with E-state index in [1.807, 2.05) is 0 Å². The van der Waals surface area contributed by atoms with Gasteiger partial charge in [-0.05, 0) is 0 Å². The Labute approximate surface area is 54.4 Å². The molecule has 4 heteroatoms. The van der Waals surface area contributed by atoms with Crippen molar-refractivity contribution in [3.63, 3.8) is 0 Å². The van der Waals surface area contributed by atoms with Crippen LogP contribution in [0.1, 0.15) is 6.92 Å². The molecule has 0 saturated heterocycles. The van der Waals surface area contributed by atoms with Gasteiger partial charge in [-0.2, -0.15) is 0 Å². The molecule has 1 N–H and O–H groups in total. The number of aliphatic hydroxyl groups excluding tert-OH is 1. The molecule has 0 bridgehead atoms. The third-order valence-corrected chi connectivity index (χ3v) is 0.417. The van der Waals surface area contributed by atoms with Crippen molar-refractivity contribution < 1.29 is 19.4 Å². The van der Waals surface area contributed by atoms with Crippen molar-refractivity contribution in [3.05, 3.63) is 0 Å². The maximum absolute atomic E-state index is 9.59. The lowest BCUT2D eigenvalue weighted by molar-refractivity contribution is -0.137. The third kappa shape index (κ3) is 37.6. The van der Waals surface area contributed by atoms with Crippen LogP contribution in [0.15, 0.2) is 0 Å². The molecule has 4 nitrogen and oxygen atoms in total. The predicted molar refractivity (Wildman–Crippen MR) is 31.8 cm³/mol. The van der Waals surface area contributed by atoms with Crippen molar-refractivity contribution in [1.29, 1.82) is 0 Å². The molecule has 0 aromatic rings. The number of rotatable bonds is 1. The van der Waals surface area contributed by atoms with Gasteiger partial charge in [0.05, 0.1) is 7.11 Å². The van der Waals surface area contributed by atoms with E-state index >= 15 is 0 Å². The second-order valence-electron chi connectivity index (χ2n) is 1.11. The quantitative estimate of drug-likeness (QED) is 0.399. The molecule has 0 amide bonds. The summed E-state index contributed by atoms with van der Waals surface area (Å²) in [6, 6.07) is 0. The molecule has 0 spiro atoms. The fourth-order valence-electron chi connectivity index (χ4n) is 0. The summed E-state index contributed by atoms with van der Waals surface area (Å²) in [6.07, 6.45) is 0. The smallest absolute Gasteiger partial charge is 0.302 e. The number of methoxy groups -OCH3 is 2. The average Bonchev–Trinajstić information content (AvgIpc) is 1.89. The Kier molecular flexibility index (Phi) is 13.0. The summed E-state index contributed by atoms with van der Waals surface area (Å²) in [7, 11) is 2.78. The monoisotopic (exact) mass is 136 g/mol. The number of esters is 1. The molecule has 0 saturated carbocycles. The molecule has 0 fully saturated rings. The Hall–Kier alpha value is -0.610. The first kappa shape index (κ1) is 11.2. The summed E-state index contributed by atoms with van der Waals surface area (Å²) in [4.78, 5) is 9.59. The Morgan fingerprint density at radius 3 is 1.78 bits per heavy atom. The van der Waals surface area contributed by atoms with Crippen LogP contribution in [0.25, 0.3) is 0 Å². The summed E-state index contributed by atoms with van der Waals surface area (Å²) >= 11 is 0. The fraction of sp³-hybridized carbons (Fsp3) is 0.800. The van der Waals surface area contributed by atoms with Crippen molar-refractivity contribution in [2.75, 3.05) is 21.0 Å². The molecule has 0 rings (SSSR count). The van der Waals surface area contributed by atoms with Crippen molar-refractivity contribution in [1.82, 2.24) is 0 Å². The van der Waals surface area contributed by atoms with Crippen LogP contribution in [0.3, 0.4) is 0 Å². The van der Waals surface area contributed by atoms with E-state index in [1.54, 1.807) is 0 Å². The number of carbonyl (C=O) groups is 1. The normalized spacial score (nSPS) is 7.11. The zero-order chi connectivity index (χ0) is 7.70. The molecule has 0 aliphatic carbocycles. The lowest BCUT2D eigenvalue weighted by atomic mass is 10.8. The van der Waals surface area contributed by atoms with E-state index in [0.717, 1.165) is 0 Å². The highest BCUT2D eigenvalue weighted by atomic mass is 16.6. The van der Waals surface area contributed by atoms with Gasteiger partial charge in [-0.15, -0.1) is 0 Å². The highest BCUT2D eigenvalue weighted by molar-refractivity contribution is 5.65. The van der Waals surface area contributed by atoms with E-state index in [0.29, 0.717) is 0 Å². The second kappa shape index (κ2) is 10.4. The molecular formula is C5H12O4. The van der Waals surface area contributed by atoms with Crippen LogP contribution in [0.5, 0.6) is 0 Å². The molecular weight excluding hydrogens is 124 g/mol. The van der Waals surface area contributed by atoms with Crippen molar-refractivity contribution in [2.45, 2.75) is 6.92 Å². The Morgan fingerprint density at radius 2 is 1.78 bits per heavy atom. The van der Waals surface area contributed by atoms with E-state index < -0.39 is 0 Å². The molecule has 0 atom stereocenters. The molecule has 56 valence electrons. The fourth-order valence-corrected chi connectivity index (χ4v) is 0. The van der Waals surface area contributed by atoms with Gasteiger partial charge < -0.3 is 14.6 Å². The first-order valence-corrected chi connectivity index (χ1v) is 2.33. The summed E-state index contributed by atoms with van der Waals surface area (Å²) in [5.74, 6) is -0.245. The number of aliphatic hydroxyl groups is 1. The number of hydrogen-bond donors (Lipinski definition) is 1. The lowest BCUT2D eigenvalue weighted by Gasteiger charge is -1.80. The van der Waals surface area contributed by atoms with Gasteiger partial charge in [-0.3, -0.25) is 4.79 Å². The molecule has 0 aliphatic heterocycles. The summed E-state index contributed by atoms with van der Waals surface area (Å²) in [6.45, 7) is 1.18.